The molecule has 0 spiro atoms. The van der Waals surface area contributed by atoms with Crippen LogP contribution in [0.3, 0.4) is 0 Å². The Morgan fingerprint density at radius 2 is 2.00 bits per heavy atom. The highest BCUT2D eigenvalue weighted by molar-refractivity contribution is 5.88. The zero-order valence-corrected chi connectivity index (χ0v) is 10.6. The Kier molecular flexibility index (Phi) is 3.78. The summed E-state index contributed by atoms with van der Waals surface area (Å²) in [6.07, 6.45) is -4.82. The number of hydrogen-bond donors (Lipinski definition) is 0. The largest absolute Gasteiger partial charge is 0.364 e. The number of carbonyl (C=O) groups excluding carboxylic acids is 1. The van der Waals surface area contributed by atoms with Crippen molar-refractivity contribution in [2.24, 2.45) is 0 Å². The molecule has 0 amide bonds. The quantitative estimate of drug-likeness (QED) is 0.792. The minimum atomic E-state index is -4.64. The third-order valence-corrected chi connectivity index (χ3v) is 3.01. The van der Waals surface area contributed by atoms with Crippen molar-refractivity contribution in [2.45, 2.75) is 32.2 Å². The van der Waals surface area contributed by atoms with Crippen LogP contribution in [0.1, 0.15) is 12.7 Å². The summed E-state index contributed by atoms with van der Waals surface area (Å²) >= 11 is 0. The van der Waals surface area contributed by atoms with Gasteiger partial charge in [0.1, 0.15) is 5.82 Å². The van der Waals surface area contributed by atoms with Gasteiger partial charge < -0.3 is 4.57 Å². The van der Waals surface area contributed by atoms with Crippen LogP contribution in [0.5, 0.6) is 0 Å². The average Bonchev–Trinajstić information content (AvgIpc) is 2.75. The van der Waals surface area contributed by atoms with E-state index < -0.39 is 24.6 Å². The molecule has 7 heteroatoms. The molecule has 0 N–H and O–H groups in total. The van der Waals surface area contributed by atoms with Crippen molar-refractivity contribution >= 4 is 16.8 Å². The van der Waals surface area contributed by atoms with Crippen LogP contribution in [0.25, 0.3) is 11.0 Å². The fourth-order valence-corrected chi connectivity index (χ4v) is 2.00. The summed E-state index contributed by atoms with van der Waals surface area (Å²) in [5.74, 6) is -6.40. The number of fused-ring (bicyclic) bond motifs is 1. The molecule has 108 valence electrons. The SMILES string of the molecule is CCn1c(CC(=O)C(F)(F)C(F)F)nc2ccccc21. The zero-order chi connectivity index (χ0) is 14.9. The van der Waals surface area contributed by atoms with Crippen molar-refractivity contribution in [3.05, 3.63) is 30.1 Å². The standard InChI is InChI=1S/C13H12F4N2O/c1-2-19-9-6-4-3-5-8(9)18-11(19)7-10(20)13(16,17)12(14)15/h3-6,12H,2,7H2,1H3. The fourth-order valence-electron chi connectivity index (χ4n) is 2.00. The second-order valence-electron chi connectivity index (χ2n) is 4.28. The van der Waals surface area contributed by atoms with E-state index in [1.807, 2.05) is 0 Å². The highest BCUT2D eigenvalue weighted by Crippen LogP contribution is 2.26. The Balaban J connectivity index is 2.37. The molecule has 0 unspecified atom stereocenters. The molecule has 0 radical (unpaired) electrons. The van der Waals surface area contributed by atoms with Crippen molar-refractivity contribution in [1.29, 1.82) is 0 Å². The minimum absolute atomic E-state index is 0.0685. The number of halogens is 4. The first kappa shape index (κ1) is 14.5. The number of para-hydroxylation sites is 2. The van der Waals surface area contributed by atoms with Gasteiger partial charge in [0.15, 0.2) is 0 Å². The molecule has 1 aromatic carbocycles. The van der Waals surface area contributed by atoms with Crippen LogP contribution in [0.2, 0.25) is 0 Å². The molecule has 2 aromatic rings. The summed E-state index contributed by atoms with van der Waals surface area (Å²) < 4.78 is 51.8. The number of rotatable bonds is 5. The average molecular weight is 288 g/mol. The van der Waals surface area contributed by atoms with Gasteiger partial charge in [-0.15, -0.1) is 0 Å². The summed E-state index contributed by atoms with van der Waals surface area (Å²) in [6.45, 7) is 2.16. The van der Waals surface area contributed by atoms with E-state index in [0.29, 0.717) is 17.6 Å². The van der Waals surface area contributed by atoms with Gasteiger partial charge in [-0.25, -0.2) is 13.8 Å². The van der Waals surface area contributed by atoms with Crippen LogP contribution in [0.15, 0.2) is 24.3 Å². The first-order valence-electron chi connectivity index (χ1n) is 6.01. The second-order valence-corrected chi connectivity index (χ2v) is 4.28. The number of aromatic nitrogens is 2. The number of alkyl halides is 4. The molecule has 2 rings (SSSR count). The molecule has 0 aliphatic heterocycles. The van der Waals surface area contributed by atoms with E-state index in [-0.39, 0.29) is 5.82 Å². The molecule has 3 nitrogen and oxygen atoms in total. The molecule has 0 saturated carbocycles. The maximum Gasteiger partial charge on any atom is 0.364 e. The van der Waals surface area contributed by atoms with Crippen molar-refractivity contribution in [2.75, 3.05) is 0 Å². The highest BCUT2D eigenvalue weighted by Gasteiger charge is 2.48. The Morgan fingerprint density at radius 1 is 1.35 bits per heavy atom. The van der Waals surface area contributed by atoms with E-state index >= 15 is 0 Å². The molecular formula is C13H12F4N2O. The van der Waals surface area contributed by atoms with E-state index in [0.717, 1.165) is 0 Å². The van der Waals surface area contributed by atoms with Gasteiger partial charge in [-0.05, 0) is 19.1 Å². The molecule has 0 aliphatic rings. The van der Waals surface area contributed by atoms with Crippen molar-refractivity contribution < 1.29 is 22.4 Å². The van der Waals surface area contributed by atoms with Crippen LogP contribution >= 0.6 is 0 Å². The molecule has 0 atom stereocenters. The lowest BCUT2D eigenvalue weighted by Gasteiger charge is -2.13. The number of nitrogens with zero attached hydrogens (tertiary/aromatic N) is 2. The van der Waals surface area contributed by atoms with E-state index in [9.17, 15) is 22.4 Å². The number of carbonyl (C=O) groups is 1. The summed E-state index contributed by atoms with van der Waals surface area (Å²) in [5.41, 5.74) is 1.22. The van der Waals surface area contributed by atoms with Gasteiger partial charge in [0, 0.05) is 6.54 Å². The highest BCUT2D eigenvalue weighted by atomic mass is 19.3. The Bertz CT molecular complexity index is 636. The van der Waals surface area contributed by atoms with Crippen LogP contribution in [-0.4, -0.2) is 27.7 Å². The molecule has 1 aromatic heterocycles. The van der Waals surface area contributed by atoms with Crippen molar-refractivity contribution in [3.63, 3.8) is 0 Å². The Labute approximate surface area is 112 Å². The number of benzene rings is 1. The molecule has 1 heterocycles. The minimum Gasteiger partial charge on any atom is -0.328 e. The molecule has 0 saturated heterocycles. The summed E-state index contributed by atoms with van der Waals surface area (Å²) in [6, 6.07) is 6.86. The molecule has 20 heavy (non-hydrogen) atoms. The summed E-state index contributed by atoms with van der Waals surface area (Å²) in [7, 11) is 0. The summed E-state index contributed by atoms with van der Waals surface area (Å²) in [5, 5.41) is 0. The fraction of sp³-hybridized carbons (Fsp3) is 0.385. The van der Waals surface area contributed by atoms with Crippen LogP contribution in [0.4, 0.5) is 17.6 Å². The molecule has 0 aliphatic carbocycles. The Hall–Kier alpha value is -1.92. The van der Waals surface area contributed by atoms with Gasteiger partial charge in [-0.2, -0.15) is 8.78 Å². The molecule has 0 bridgehead atoms. The summed E-state index contributed by atoms with van der Waals surface area (Å²) in [4.78, 5) is 15.4. The van der Waals surface area contributed by atoms with E-state index in [2.05, 4.69) is 4.98 Å². The normalized spacial score (nSPS) is 12.3. The lowest BCUT2D eigenvalue weighted by molar-refractivity contribution is -0.166. The number of aryl methyl sites for hydroxylation is 1. The van der Waals surface area contributed by atoms with Gasteiger partial charge in [-0.1, -0.05) is 12.1 Å². The third kappa shape index (κ3) is 2.39. The molecule has 0 fully saturated rings. The third-order valence-electron chi connectivity index (χ3n) is 3.01. The lowest BCUT2D eigenvalue weighted by atomic mass is 10.1. The predicted octanol–water partition coefficient (Wildman–Crippen LogP) is 3.07. The predicted molar refractivity (Wildman–Crippen MR) is 65.1 cm³/mol. The lowest BCUT2D eigenvalue weighted by Crippen LogP contribution is -2.38. The van der Waals surface area contributed by atoms with Crippen LogP contribution in [-0.2, 0) is 17.8 Å². The van der Waals surface area contributed by atoms with Crippen LogP contribution < -0.4 is 0 Å². The first-order chi connectivity index (χ1) is 9.37. The topological polar surface area (TPSA) is 34.9 Å². The number of ketones is 1. The smallest absolute Gasteiger partial charge is 0.328 e. The first-order valence-corrected chi connectivity index (χ1v) is 6.01. The van der Waals surface area contributed by atoms with E-state index in [1.54, 1.807) is 35.8 Å². The van der Waals surface area contributed by atoms with E-state index in [1.165, 1.54) is 0 Å². The maximum absolute atomic E-state index is 13.0. The second kappa shape index (κ2) is 5.22. The number of hydrogen-bond acceptors (Lipinski definition) is 2. The molecular weight excluding hydrogens is 276 g/mol. The maximum atomic E-state index is 13.0. The van der Waals surface area contributed by atoms with Crippen molar-refractivity contribution in [1.82, 2.24) is 9.55 Å². The van der Waals surface area contributed by atoms with Crippen molar-refractivity contribution in [3.8, 4) is 0 Å². The monoisotopic (exact) mass is 288 g/mol. The van der Waals surface area contributed by atoms with Gasteiger partial charge in [-0.3, -0.25) is 4.79 Å². The zero-order valence-electron chi connectivity index (χ0n) is 10.6. The van der Waals surface area contributed by atoms with E-state index in [4.69, 9.17) is 0 Å². The van der Waals surface area contributed by atoms with Crippen LogP contribution in [0, 0.1) is 0 Å². The number of imidazole rings is 1. The van der Waals surface area contributed by atoms with Gasteiger partial charge in [0.05, 0.1) is 17.5 Å². The Morgan fingerprint density at radius 3 is 2.60 bits per heavy atom. The number of Topliss-reactive ketones (excluding diaryl/α,β-unsaturated/α-hetero) is 1. The van der Waals surface area contributed by atoms with Gasteiger partial charge >= 0.3 is 12.3 Å². The van der Waals surface area contributed by atoms with Gasteiger partial charge in [0.25, 0.3) is 0 Å². The van der Waals surface area contributed by atoms with Gasteiger partial charge in [0.2, 0.25) is 5.78 Å².